The molecule has 2 rings (SSSR count). The second kappa shape index (κ2) is 3.62. The van der Waals surface area contributed by atoms with Gasteiger partial charge < -0.3 is 0 Å². The van der Waals surface area contributed by atoms with Crippen molar-refractivity contribution in [3.05, 3.63) is 54.1 Å². The molecule has 0 heteroatoms. The quantitative estimate of drug-likeness (QED) is 0.633. The Labute approximate surface area is 98.7 Å². The van der Waals surface area contributed by atoms with Gasteiger partial charge in [-0.05, 0) is 22.0 Å². The van der Waals surface area contributed by atoms with Gasteiger partial charge in [-0.2, -0.15) is 0 Å². The van der Waals surface area contributed by atoms with Crippen molar-refractivity contribution < 1.29 is 0 Å². The Hall–Kier alpha value is -1.30. The molecular formula is C16H20. The molecule has 0 spiro atoms. The molecule has 1 aliphatic rings. The van der Waals surface area contributed by atoms with Crippen molar-refractivity contribution in [1.29, 1.82) is 0 Å². The summed E-state index contributed by atoms with van der Waals surface area (Å²) in [5.41, 5.74) is 3.07. The average Bonchev–Trinajstić information content (AvgIpc) is 2.23. The molecule has 0 N–H and O–H groups in total. The van der Waals surface area contributed by atoms with Crippen LogP contribution in [0.3, 0.4) is 0 Å². The molecule has 0 atom stereocenters. The Balaban J connectivity index is 2.41. The van der Waals surface area contributed by atoms with Gasteiger partial charge in [0, 0.05) is 0 Å². The zero-order valence-corrected chi connectivity index (χ0v) is 10.6. The Bertz CT molecular complexity index is 430. The highest BCUT2D eigenvalue weighted by Gasteiger charge is 2.35. The van der Waals surface area contributed by atoms with E-state index < -0.39 is 0 Å². The maximum Gasteiger partial charge on any atom is -0.00799 e. The maximum atomic E-state index is 2.39. The van der Waals surface area contributed by atoms with Gasteiger partial charge in [0.05, 0.1) is 0 Å². The normalized spacial score (nSPS) is 21.6. The highest BCUT2D eigenvalue weighted by atomic mass is 14.4. The summed E-state index contributed by atoms with van der Waals surface area (Å²) < 4.78 is 0. The molecule has 1 aromatic carbocycles. The van der Waals surface area contributed by atoms with Gasteiger partial charge in [-0.1, -0.05) is 76.3 Å². The van der Waals surface area contributed by atoms with E-state index in [1.807, 2.05) is 0 Å². The zero-order chi connectivity index (χ0) is 11.8. The lowest BCUT2D eigenvalue weighted by Gasteiger charge is -2.40. The van der Waals surface area contributed by atoms with Crippen molar-refractivity contribution in [1.82, 2.24) is 0 Å². The van der Waals surface area contributed by atoms with Crippen LogP contribution in [-0.4, -0.2) is 0 Å². The van der Waals surface area contributed by atoms with Crippen LogP contribution in [0.2, 0.25) is 0 Å². The smallest absolute Gasteiger partial charge is 0.00799 e. The number of hydrogen-bond acceptors (Lipinski definition) is 0. The van der Waals surface area contributed by atoms with E-state index in [4.69, 9.17) is 0 Å². The lowest BCUT2D eigenvalue weighted by atomic mass is 9.64. The standard InChI is InChI=1S/C16H20/c1-15(2)11-10-14(12-16(15,3)4)13-8-6-5-7-9-13/h5-12H,1-4H3. The number of rotatable bonds is 1. The molecule has 0 nitrogen and oxygen atoms in total. The average molecular weight is 212 g/mol. The van der Waals surface area contributed by atoms with Crippen LogP contribution in [0.1, 0.15) is 33.3 Å². The molecule has 0 aliphatic heterocycles. The number of allylic oxidation sites excluding steroid dienone is 4. The summed E-state index contributed by atoms with van der Waals surface area (Å²) in [7, 11) is 0. The van der Waals surface area contributed by atoms with Crippen LogP contribution in [0.4, 0.5) is 0 Å². The lowest BCUT2D eigenvalue weighted by Crippen LogP contribution is -2.30. The molecule has 0 fully saturated rings. The minimum atomic E-state index is 0.201. The van der Waals surface area contributed by atoms with E-state index in [1.54, 1.807) is 0 Å². The van der Waals surface area contributed by atoms with Crippen LogP contribution >= 0.6 is 0 Å². The van der Waals surface area contributed by atoms with Crippen LogP contribution in [0.15, 0.2) is 48.6 Å². The zero-order valence-electron chi connectivity index (χ0n) is 10.6. The maximum absolute atomic E-state index is 2.39. The van der Waals surface area contributed by atoms with E-state index in [2.05, 4.69) is 76.3 Å². The van der Waals surface area contributed by atoms with E-state index in [-0.39, 0.29) is 10.8 Å². The van der Waals surface area contributed by atoms with Gasteiger partial charge in [0.1, 0.15) is 0 Å². The van der Waals surface area contributed by atoms with Crippen molar-refractivity contribution in [3.63, 3.8) is 0 Å². The summed E-state index contributed by atoms with van der Waals surface area (Å²) in [5, 5.41) is 0. The van der Waals surface area contributed by atoms with E-state index in [1.165, 1.54) is 11.1 Å². The third-order valence-corrected chi connectivity index (χ3v) is 3.96. The molecule has 16 heavy (non-hydrogen) atoms. The molecule has 1 aromatic rings. The van der Waals surface area contributed by atoms with Crippen LogP contribution in [-0.2, 0) is 0 Å². The van der Waals surface area contributed by atoms with E-state index in [9.17, 15) is 0 Å². The lowest BCUT2D eigenvalue weighted by molar-refractivity contribution is 0.230. The minimum absolute atomic E-state index is 0.201. The van der Waals surface area contributed by atoms with Crippen molar-refractivity contribution in [2.24, 2.45) is 10.8 Å². The van der Waals surface area contributed by atoms with Gasteiger partial charge in [0.2, 0.25) is 0 Å². The molecule has 0 saturated heterocycles. The predicted octanol–water partition coefficient (Wildman–Crippen LogP) is 4.69. The molecule has 0 aromatic heterocycles. The summed E-state index contributed by atoms with van der Waals surface area (Å²) in [6.45, 7) is 9.20. The monoisotopic (exact) mass is 212 g/mol. The van der Waals surface area contributed by atoms with Gasteiger partial charge in [-0.3, -0.25) is 0 Å². The minimum Gasteiger partial charge on any atom is -0.0774 e. The fourth-order valence-corrected chi connectivity index (χ4v) is 1.95. The highest BCUT2D eigenvalue weighted by molar-refractivity contribution is 5.76. The van der Waals surface area contributed by atoms with Crippen LogP contribution in [0.5, 0.6) is 0 Å². The summed E-state index contributed by atoms with van der Waals surface area (Å²) >= 11 is 0. The predicted molar refractivity (Wildman–Crippen MR) is 71.1 cm³/mol. The van der Waals surface area contributed by atoms with Crippen LogP contribution in [0, 0.1) is 10.8 Å². The molecule has 84 valence electrons. The van der Waals surface area contributed by atoms with Gasteiger partial charge >= 0.3 is 0 Å². The molecule has 0 amide bonds. The Kier molecular flexibility index (Phi) is 2.53. The summed E-state index contributed by atoms with van der Waals surface area (Å²) in [6, 6.07) is 10.6. The van der Waals surface area contributed by atoms with E-state index in [0.717, 1.165) is 0 Å². The SMILES string of the molecule is CC1(C)C=CC(c2ccccc2)=CC1(C)C. The Morgan fingerprint density at radius 2 is 1.44 bits per heavy atom. The largest absolute Gasteiger partial charge is 0.0774 e. The molecule has 0 saturated carbocycles. The molecule has 0 heterocycles. The third kappa shape index (κ3) is 1.84. The fourth-order valence-electron chi connectivity index (χ4n) is 1.95. The van der Waals surface area contributed by atoms with Gasteiger partial charge in [0.25, 0.3) is 0 Å². The first-order chi connectivity index (χ1) is 7.42. The first kappa shape index (κ1) is 11.2. The van der Waals surface area contributed by atoms with Gasteiger partial charge in [-0.25, -0.2) is 0 Å². The first-order valence-corrected chi connectivity index (χ1v) is 5.90. The van der Waals surface area contributed by atoms with Gasteiger partial charge in [-0.15, -0.1) is 0 Å². The van der Waals surface area contributed by atoms with Crippen LogP contribution < -0.4 is 0 Å². The number of benzene rings is 1. The van der Waals surface area contributed by atoms with E-state index in [0.29, 0.717) is 0 Å². The summed E-state index contributed by atoms with van der Waals surface area (Å²) in [5.74, 6) is 0. The number of hydrogen-bond donors (Lipinski definition) is 0. The fraction of sp³-hybridized carbons (Fsp3) is 0.375. The summed E-state index contributed by atoms with van der Waals surface area (Å²) in [4.78, 5) is 0. The molecular weight excluding hydrogens is 192 g/mol. The third-order valence-electron chi connectivity index (χ3n) is 3.96. The summed E-state index contributed by atoms with van der Waals surface area (Å²) in [6.07, 6.45) is 6.97. The molecule has 0 unspecified atom stereocenters. The van der Waals surface area contributed by atoms with Crippen LogP contribution in [0.25, 0.3) is 5.57 Å². The topological polar surface area (TPSA) is 0 Å². The van der Waals surface area contributed by atoms with Crippen molar-refractivity contribution in [2.75, 3.05) is 0 Å². The highest BCUT2D eigenvalue weighted by Crippen LogP contribution is 2.46. The van der Waals surface area contributed by atoms with Crippen molar-refractivity contribution in [3.8, 4) is 0 Å². The second-order valence-corrected chi connectivity index (χ2v) is 5.74. The molecule has 0 radical (unpaired) electrons. The van der Waals surface area contributed by atoms with Crippen molar-refractivity contribution >= 4 is 5.57 Å². The Morgan fingerprint density at radius 3 is 2.00 bits per heavy atom. The second-order valence-electron chi connectivity index (χ2n) is 5.74. The molecule has 1 aliphatic carbocycles. The Morgan fingerprint density at radius 1 is 0.812 bits per heavy atom. The van der Waals surface area contributed by atoms with Gasteiger partial charge in [0.15, 0.2) is 0 Å². The molecule has 0 bridgehead atoms. The van der Waals surface area contributed by atoms with E-state index >= 15 is 0 Å². The first-order valence-electron chi connectivity index (χ1n) is 5.90. The van der Waals surface area contributed by atoms with Crippen molar-refractivity contribution in [2.45, 2.75) is 27.7 Å².